The fourth-order valence-electron chi connectivity index (χ4n) is 4.96. The summed E-state index contributed by atoms with van der Waals surface area (Å²) >= 11 is 0. The van der Waals surface area contributed by atoms with Gasteiger partial charge >= 0.3 is 0 Å². The summed E-state index contributed by atoms with van der Waals surface area (Å²) < 4.78 is 0. The van der Waals surface area contributed by atoms with Gasteiger partial charge in [-0.3, -0.25) is 9.59 Å². The highest BCUT2D eigenvalue weighted by molar-refractivity contribution is 6.09. The fourth-order valence-corrected chi connectivity index (χ4v) is 4.96. The zero-order chi connectivity index (χ0) is 17.7. The van der Waals surface area contributed by atoms with E-state index in [4.69, 9.17) is 0 Å². The van der Waals surface area contributed by atoms with E-state index in [0.29, 0.717) is 25.8 Å². The number of carbonyl (C=O) groups is 2. The van der Waals surface area contributed by atoms with Crippen LogP contribution in [0.15, 0.2) is 18.2 Å². The zero-order valence-electron chi connectivity index (χ0n) is 14.9. The van der Waals surface area contributed by atoms with Gasteiger partial charge in [-0.1, -0.05) is 6.07 Å². The minimum absolute atomic E-state index is 0.0173. The van der Waals surface area contributed by atoms with E-state index in [1.165, 1.54) is 0 Å². The van der Waals surface area contributed by atoms with Gasteiger partial charge in [0.15, 0.2) is 0 Å². The number of aliphatic hydroxyl groups is 1. The van der Waals surface area contributed by atoms with Gasteiger partial charge in [0, 0.05) is 24.3 Å². The van der Waals surface area contributed by atoms with Crippen LogP contribution in [0.5, 0.6) is 0 Å². The molecule has 2 bridgehead atoms. The molecule has 1 aromatic carbocycles. The first-order valence-corrected chi connectivity index (χ1v) is 9.34. The number of anilines is 1. The number of nitrogens with zero attached hydrogens (tertiary/aromatic N) is 2. The Hall–Kier alpha value is -1.88. The Morgan fingerprint density at radius 3 is 2.24 bits per heavy atom. The van der Waals surface area contributed by atoms with Crippen molar-refractivity contribution in [1.82, 2.24) is 4.90 Å². The Morgan fingerprint density at radius 2 is 1.64 bits per heavy atom. The molecule has 134 valence electrons. The summed E-state index contributed by atoms with van der Waals surface area (Å²) in [5, 5.41) is 9.94. The topological polar surface area (TPSA) is 60.9 Å². The molecule has 1 N–H and O–H groups in total. The van der Waals surface area contributed by atoms with Crippen molar-refractivity contribution in [1.29, 1.82) is 0 Å². The van der Waals surface area contributed by atoms with Crippen molar-refractivity contribution in [3.8, 4) is 0 Å². The van der Waals surface area contributed by atoms with Crippen LogP contribution in [0.3, 0.4) is 0 Å². The first-order valence-electron chi connectivity index (χ1n) is 9.34. The number of fused-ring (bicyclic) bond motifs is 2. The van der Waals surface area contributed by atoms with Gasteiger partial charge in [-0.2, -0.15) is 0 Å². The molecule has 1 aromatic rings. The van der Waals surface area contributed by atoms with E-state index < -0.39 is 5.92 Å². The summed E-state index contributed by atoms with van der Waals surface area (Å²) in [5.74, 6) is -0.643. The van der Waals surface area contributed by atoms with Gasteiger partial charge < -0.3 is 14.9 Å². The van der Waals surface area contributed by atoms with Crippen molar-refractivity contribution in [3.05, 3.63) is 29.3 Å². The molecule has 0 saturated carbocycles. The number of hydrogen-bond donors (Lipinski definition) is 1. The maximum Gasteiger partial charge on any atom is 0.239 e. The quantitative estimate of drug-likeness (QED) is 0.838. The number of aryl methyl sites for hydroxylation is 2. The number of carbonyl (C=O) groups excluding carboxylic acids is 2. The molecule has 3 unspecified atom stereocenters. The van der Waals surface area contributed by atoms with Crippen LogP contribution in [0.2, 0.25) is 0 Å². The van der Waals surface area contributed by atoms with Crippen molar-refractivity contribution < 1.29 is 14.7 Å². The number of hydrogen-bond acceptors (Lipinski definition) is 3. The lowest BCUT2D eigenvalue weighted by molar-refractivity contribution is -0.145. The largest absolute Gasteiger partial charge is 0.393 e. The molecule has 4 rings (SSSR count). The molecule has 5 nitrogen and oxygen atoms in total. The Balaban J connectivity index is 1.53. The second kappa shape index (κ2) is 6.13. The van der Waals surface area contributed by atoms with Crippen molar-refractivity contribution in [2.75, 3.05) is 11.4 Å². The maximum absolute atomic E-state index is 13.1. The van der Waals surface area contributed by atoms with Gasteiger partial charge in [-0.15, -0.1) is 0 Å². The van der Waals surface area contributed by atoms with Gasteiger partial charge in [0.05, 0.1) is 6.10 Å². The molecule has 5 heteroatoms. The standard InChI is InChI=1S/C20H26N2O3/c1-12-7-13(2)9-16(8-12)21-6-5-18(19(21)24)20(25)22-14-3-4-15(22)11-17(23)10-14/h7-9,14-15,17-18,23H,3-6,10-11H2,1-2H3. The smallest absolute Gasteiger partial charge is 0.239 e. The number of benzene rings is 1. The Morgan fingerprint density at radius 1 is 1.04 bits per heavy atom. The molecule has 2 amide bonds. The van der Waals surface area contributed by atoms with Crippen LogP contribution in [0, 0.1) is 19.8 Å². The molecule has 25 heavy (non-hydrogen) atoms. The monoisotopic (exact) mass is 342 g/mol. The molecule has 0 aliphatic carbocycles. The van der Waals surface area contributed by atoms with Crippen molar-refractivity contribution in [2.24, 2.45) is 5.92 Å². The van der Waals surface area contributed by atoms with Crippen LogP contribution >= 0.6 is 0 Å². The summed E-state index contributed by atoms with van der Waals surface area (Å²) in [7, 11) is 0. The highest BCUT2D eigenvalue weighted by Gasteiger charge is 2.48. The molecular formula is C20H26N2O3. The van der Waals surface area contributed by atoms with E-state index >= 15 is 0 Å². The Kier molecular flexibility index (Phi) is 4.07. The third-order valence-corrected chi connectivity index (χ3v) is 5.98. The maximum atomic E-state index is 13.1. The molecule has 0 spiro atoms. The predicted octanol–water partition coefficient (Wildman–Crippen LogP) is 2.17. The molecule has 3 aliphatic heterocycles. The van der Waals surface area contributed by atoms with Crippen LogP contribution in [0.4, 0.5) is 5.69 Å². The second-order valence-corrected chi connectivity index (χ2v) is 7.93. The average molecular weight is 342 g/mol. The molecule has 3 fully saturated rings. The number of piperidine rings is 1. The van der Waals surface area contributed by atoms with E-state index in [2.05, 4.69) is 6.07 Å². The van der Waals surface area contributed by atoms with Gasteiger partial charge in [0.25, 0.3) is 0 Å². The SMILES string of the molecule is Cc1cc(C)cc(N2CCC(C(=O)N3C4CCC3CC(O)C4)C2=O)c1. The summed E-state index contributed by atoms with van der Waals surface area (Å²) in [6.45, 7) is 4.65. The summed E-state index contributed by atoms with van der Waals surface area (Å²) in [4.78, 5) is 29.7. The van der Waals surface area contributed by atoms with Gasteiger partial charge in [0.2, 0.25) is 11.8 Å². The van der Waals surface area contributed by atoms with Crippen molar-refractivity contribution in [3.63, 3.8) is 0 Å². The zero-order valence-corrected chi connectivity index (χ0v) is 14.9. The first kappa shape index (κ1) is 16.6. The molecule has 0 radical (unpaired) electrons. The highest BCUT2D eigenvalue weighted by atomic mass is 16.3. The van der Waals surface area contributed by atoms with Gasteiger partial charge in [0.1, 0.15) is 5.92 Å². The Labute approximate surface area is 148 Å². The molecule has 3 saturated heterocycles. The molecule has 3 aliphatic rings. The fraction of sp³-hybridized carbons (Fsp3) is 0.600. The molecule has 3 atom stereocenters. The van der Waals surface area contributed by atoms with Crippen LogP contribution in [0.1, 0.15) is 43.2 Å². The molecule has 3 heterocycles. The van der Waals surface area contributed by atoms with E-state index in [1.807, 2.05) is 30.9 Å². The molecule has 0 aromatic heterocycles. The van der Waals surface area contributed by atoms with E-state index in [1.54, 1.807) is 4.90 Å². The van der Waals surface area contributed by atoms with Crippen LogP contribution in [0.25, 0.3) is 0 Å². The lowest BCUT2D eigenvalue weighted by atomic mass is 9.96. The minimum atomic E-state index is -0.556. The Bertz CT molecular complexity index is 683. The normalized spacial score (nSPS) is 31.7. The van der Waals surface area contributed by atoms with Crippen molar-refractivity contribution >= 4 is 17.5 Å². The summed E-state index contributed by atoms with van der Waals surface area (Å²) in [5.41, 5.74) is 3.15. The number of amides is 2. The van der Waals surface area contributed by atoms with Crippen molar-refractivity contribution in [2.45, 2.75) is 64.1 Å². The van der Waals surface area contributed by atoms with Crippen LogP contribution in [-0.2, 0) is 9.59 Å². The average Bonchev–Trinajstić information content (AvgIpc) is 3.04. The summed E-state index contributed by atoms with van der Waals surface area (Å²) in [6, 6.07) is 6.34. The first-order chi connectivity index (χ1) is 11.9. The lowest BCUT2D eigenvalue weighted by Crippen LogP contribution is -2.51. The van der Waals surface area contributed by atoms with E-state index in [9.17, 15) is 14.7 Å². The van der Waals surface area contributed by atoms with Gasteiger partial charge in [-0.25, -0.2) is 0 Å². The number of rotatable bonds is 2. The second-order valence-electron chi connectivity index (χ2n) is 7.93. The van der Waals surface area contributed by atoms with E-state index in [-0.39, 0.29) is 30.0 Å². The van der Waals surface area contributed by atoms with E-state index in [0.717, 1.165) is 29.7 Å². The molecular weight excluding hydrogens is 316 g/mol. The number of aliphatic hydroxyl groups excluding tert-OH is 1. The highest BCUT2D eigenvalue weighted by Crippen LogP contribution is 2.38. The minimum Gasteiger partial charge on any atom is -0.393 e. The van der Waals surface area contributed by atoms with Crippen LogP contribution < -0.4 is 4.90 Å². The third-order valence-electron chi connectivity index (χ3n) is 5.98. The summed E-state index contributed by atoms with van der Waals surface area (Å²) in [6.07, 6.45) is 3.51. The van der Waals surface area contributed by atoms with Gasteiger partial charge in [-0.05, 0) is 69.2 Å². The third kappa shape index (κ3) is 2.84. The predicted molar refractivity (Wildman–Crippen MR) is 95.3 cm³/mol. The van der Waals surface area contributed by atoms with Crippen LogP contribution in [-0.4, -0.2) is 46.6 Å². The lowest BCUT2D eigenvalue weighted by Gasteiger charge is -2.38.